The summed E-state index contributed by atoms with van der Waals surface area (Å²) in [6.45, 7) is 2.03. The van der Waals surface area contributed by atoms with Gasteiger partial charge in [0.15, 0.2) is 0 Å². The molecule has 0 N–H and O–H groups in total. The predicted octanol–water partition coefficient (Wildman–Crippen LogP) is 2.89. The van der Waals surface area contributed by atoms with Crippen LogP contribution >= 0.6 is 0 Å². The summed E-state index contributed by atoms with van der Waals surface area (Å²) in [5.74, 6) is 0.217. The molecule has 88 valence electrons. The molecule has 2 aliphatic rings. The van der Waals surface area contributed by atoms with Crippen LogP contribution in [0.15, 0.2) is 29.4 Å². The standard InChI is InChI=1S/C14H16N2O/c1-10-5-4-6-11(9-10)16-14(17)12-7-2-3-8-13(12)15-16/h4-6,9,12H,2-3,7-8H2,1H3. The maximum absolute atomic E-state index is 12.3. The number of aryl methyl sites for hydroxylation is 1. The van der Waals surface area contributed by atoms with Crippen molar-refractivity contribution in [2.24, 2.45) is 11.0 Å². The third-order valence-electron chi connectivity index (χ3n) is 3.56. The number of hydrogen-bond acceptors (Lipinski definition) is 2. The number of hydrazone groups is 1. The normalized spacial score (nSPS) is 23.6. The fraction of sp³-hybridized carbons (Fsp3) is 0.429. The molecule has 0 bridgehead atoms. The minimum absolute atomic E-state index is 0.0595. The van der Waals surface area contributed by atoms with Crippen LogP contribution in [0.3, 0.4) is 0 Å². The lowest BCUT2D eigenvalue weighted by molar-refractivity contribution is -0.120. The van der Waals surface area contributed by atoms with Crippen LogP contribution in [0.25, 0.3) is 0 Å². The lowest BCUT2D eigenvalue weighted by atomic mass is 9.87. The molecule has 3 rings (SSSR count). The van der Waals surface area contributed by atoms with Gasteiger partial charge < -0.3 is 0 Å². The van der Waals surface area contributed by atoms with E-state index in [1.165, 1.54) is 6.42 Å². The highest BCUT2D eigenvalue weighted by atomic mass is 16.2. The van der Waals surface area contributed by atoms with Gasteiger partial charge in [-0.3, -0.25) is 4.79 Å². The van der Waals surface area contributed by atoms with Crippen molar-refractivity contribution in [3.05, 3.63) is 29.8 Å². The van der Waals surface area contributed by atoms with Crippen LogP contribution in [0.5, 0.6) is 0 Å². The first kappa shape index (κ1) is 10.5. The highest BCUT2D eigenvalue weighted by molar-refractivity contribution is 6.15. The molecule has 1 saturated carbocycles. The monoisotopic (exact) mass is 228 g/mol. The third kappa shape index (κ3) is 1.75. The van der Waals surface area contributed by atoms with E-state index in [0.29, 0.717) is 0 Å². The first-order chi connectivity index (χ1) is 8.25. The second-order valence-electron chi connectivity index (χ2n) is 4.88. The van der Waals surface area contributed by atoms with Crippen molar-refractivity contribution in [2.75, 3.05) is 5.01 Å². The van der Waals surface area contributed by atoms with Gasteiger partial charge in [-0.05, 0) is 43.9 Å². The molecule has 3 nitrogen and oxygen atoms in total. The Labute approximate surface area is 101 Å². The molecule has 1 aliphatic carbocycles. The Bertz CT molecular complexity index is 493. The van der Waals surface area contributed by atoms with Gasteiger partial charge in [0.25, 0.3) is 5.91 Å². The largest absolute Gasteiger partial charge is 0.272 e. The molecule has 0 spiro atoms. The number of carbonyl (C=O) groups is 1. The Kier molecular flexibility index (Phi) is 2.46. The van der Waals surface area contributed by atoms with Gasteiger partial charge in [-0.15, -0.1) is 0 Å². The Morgan fingerprint density at radius 1 is 1.35 bits per heavy atom. The van der Waals surface area contributed by atoms with Gasteiger partial charge in [0.1, 0.15) is 0 Å². The summed E-state index contributed by atoms with van der Waals surface area (Å²) in [7, 11) is 0. The summed E-state index contributed by atoms with van der Waals surface area (Å²) in [6.07, 6.45) is 4.28. The van der Waals surface area contributed by atoms with E-state index in [-0.39, 0.29) is 11.8 Å². The zero-order valence-electron chi connectivity index (χ0n) is 10.0. The Hall–Kier alpha value is -1.64. The van der Waals surface area contributed by atoms with Gasteiger partial charge in [0.05, 0.1) is 17.3 Å². The molecule has 1 aromatic carbocycles. The van der Waals surface area contributed by atoms with Gasteiger partial charge in [0.2, 0.25) is 0 Å². The Balaban J connectivity index is 1.94. The molecular formula is C14H16N2O. The van der Waals surface area contributed by atoms with Crippen molar-refractivity contribution in [2.45, 2.75) is 32.6 Å². The highest BCUT2D eigenvalue weighted by Gasteiger charge is 2.37. The van der Waals surface area contributed by atoms with Gasteiger partial charge in [-0.2, -0.15) is 5.10 Å². The predicted molar refractivity (Wildman–Crippen MR) is 68.1 cm³/mol. The van der Waals surface area contributed by atoms with E-state index in [1.54, 1.807) is 5.01 Å². The topological polar surface area (TPSA) is 32.7 Å². The SMILES string of the molecule is Cc1cccc(N2N=C3CCCCC3C2=O)c1. The molecule has 17 heavy (non-hydrogen) atoms. The van der Waals surface area contributed by atoms with Crippen LogP contribution in [0, 0.1) is 12.8 Å². The molecule has 1 unspecified atom stereocenters. The zero-order chi connectivity index (χ0) is 11.8. The molecule has 0 saturated heterocycles. The zero-order valence-corrected chi connectivity index (χ0v) is 10.0. The van der Waals surface area contributed by atoms with Crippen LogP contribution in [0.2, 0.25) is 0 Å². The van der Waals surface area contributed by atoms with Crippen molar-refractivity contribution < 1.29 is 4.79 Å². The average molecular weight is 228 g/mol. The fourth-order valence-electron chi connectivity index (χ4n) is 2.65. The number of anilines is 1. The van der Waals surface area contributed by atoms with E-state index in [1.807, 2.05) is 31.2 Å². The average Bonchev–Trinajstić information content (AvgIpc) is 2.68. The lowest BCUT2D eigenvalue weighted by Gasteiger charge is -2.17. The molecule has 1 heterocycles. The van der Waals surface area contributed by atoms with Crippen LogP contribution in [-0.4, -0.2) is 11.6 Å². The Morgan fingerprint density at radius 3 is 3.00 bits per heavy atom. The van der Waals surface area contributed by atoms with Gasteiger partial charge in [-0.25, -0.2) is 5.01 Å². The molecule has 1 amide bonds. The van der Waals surface area contributed by atoms with Crippen LogP contribution < -0.4 is 5.01 Å². The number of fused-ring (bicyclic) bond motifs is 1. The van der Waals surface area contributed by atoms with Gasteiger partial charge in [0, 0.05) is 0 Å². The summed E-state index contributed by atoms with van der Waals surface area (Å²) < 4.78 is 0. The first-order valence-corrected chi connectivity index (χ1v) is 6.24. The lowest BCUT2D eigenvalue weighted by Crippen LogP contribution is -2.28. The molecular weight excluding hydrogens is 212 g/mol. The highest BCUT2D eigenvalue weighted by Crippen LogP contribution is 2.32. The number of hydrogen-bond donors (Lipinski definition) is 0. The molecule has 1 aromatic rings. The minimum Gasteiger partial charge on any atom is -0.272 e. The summed E-state index contributed by atoms with van der Waals surface area (Å²) in [6, 6.07) is 7.97. The number of amides is 1. The summed E-state index contributed by atoms with van der Waals surface area (Å²) in [4.78, 5) is 12.3. The number of carbonyl (C=O) groups excluding carboxylic acids is 1. The molecule has 3 heteroatoms. The van der Waals surface area contributed by atoms with Crippen molar-refractivity contribution in [3.63, 3.8) is 0 Å². The van der Waals surface area contributed by atoms with Gasteiger partial charge >= 0.3 is 0 Å². The van der Waals surface area contributed by atoms with Crippen LogP contribution in [0.4, 0.5) is 5.69 Å². The second-order valence-corrected chi connectivity index (χ2v) is 4.88. The smallest absolute Gasteiger partial charge is 0.256 e. The maximum atomic E-state index is 12.3. The second kappa shape index (κ2) is 3.99. The van der Waals surface area contributed by atoms with E-state index in [4.69, 9.17) is 0 Å². The van der Waals surface area contributed by atoms with Crippen molar-refractivity contribution >= 4 is 17.3 Å². The molecule has 0 aromatic heterocycles. The number of rotatable bonds is 1. The van der Waals surface area contributed by atoms with Crippen LogP contribution in [-0.2, 0) is 4.79 Å². The van der Waals surface area contributed by atoms with Crippen molar-refractivity contribution in [3.8, 4) is 0 Å². The van der Waals surface area contributed by atoms with Crippen molar-refractivity contribution in [1.29, 1.82) is 0 Å². The third-order valence-corrected chi connectivity index (χ3v) is 3.56. The number of nitrogens with zero attached hydrogens (tertiary/aromatic N) is 2. The van der Waals surface area contributed by atoms with E-state index < -0.39 is 0 Å². The molecule has 1 aliphatic heterocycles. The molecule has 1 atom stereocenters. The first-order valence-electron chi connectivity index (χ1n) is 6.24. The van der Waals surface area contributed by atoms with E-state index in [9.17, 15) is 4.79 Å². The minimum atomic E-state index is 0.0595. The van der Waals surface area contributed by atoms with Crippen LogP contribution in [0.1, 0.15) is 31.2 Å². The van der Waals surface area contributed by atoms with Crippen molar-refractivity contribution in [1.82, 2.24) is 0 Å². The fourth-order valence-corrected chi connectivity index (χ4v) is 2.65. The van der Waals surface area contributed by atoms with E-state index in [2.05, 4.69) is 5.10 Å². The summed E-state index contributed by atoms with van der Waals surface area (Å²) in [5.41, 5.74) is 3.14. The maximum Gasteiger partial charge on any atom is 0.256 e. The summed E-state index contributed by atoms with van der Waals surface area (Å²) in [5, 5.41) is 6.10. The van der Waals surface area contributed by atoms with E-state index >= 15 is 0 Å². The van der Waals surface area contributed by atoms with E-state index in [0.717, 1.165) is 36.2 Å². The Morgan fingerprint density at radius 2 is 2.24 bits per heavy atom. The molecule has 0 radical (unpaired) electrons. The van der Waals surface area contributed by atoms with Gasteiger partial charge in [-0.1, -0.05) is 18.6 Å². The summed E-state index contributed by atoms with van der Waals surface area (Å²) >= 11 is 0. The quantitative estimate of drug-likeness (QED) is 0.727. The molecule has 1 fully saturated rings. The number of benzene rings is 1.